The fraction of sp³-hybridized carbons (Fsp3) is 0.476. The van der Waals surface area contributed by atoms with E-state index in [1.807, 2.05) is 19.1 Å². The van der Waals surface area contributed by atoms with Crippen molar-refractivity contribution in [1.29, 1.82) is 0 Å². The van der Waals surface area contributed by atoms with Gasteiger partial charge in [-0.05, 0) is 91.6 Å². The van der Waals surface area contributed by atoms with E-state index in [-0.39, 0.29) is 71.9 Å². The number of aliphatic hydroxyl groups is 1. The Morgan fingerprint density at radius 3 is 1.54 bits per heavy atom. The number of carbonyl (C=O) groups is 2. The first-order chi connectivity index (χ1) is 29.9. The molecule has 0 aliphatic carbocycles. The van der Waals surface area contributed by atoms with Crippen molar-refractivity contribution in [3.05, 3.63) is 76.9 Å². The number of halogens is 6. The maximum atomic E-state index is 11.8. The monoisotopic (exact) mass is 1560 g/mol. The first-order valence-electron chi connectivity index (χ1n) is 19.5. The number of aryl methyl sites for hydroxylation is 1. The molecule has 0 aromatic heterocycles. The number of amides is 1. The van der Waals surface area contributed by atoms with Crippen LogP contribution in [0.5, 0.6) is 28.7 Å². The van der Waals surface area contributed by atoms with Crippen molar-refractivity contribution >= 4 is 123 Å². The summed E-state index contributed by atoms with van der Waals surface area (Å²) in [4.78, 5) is 49.6. The number of phenols is 5. The van der Waals surface area contributed by atoms with E-state index < -0.39 is 6.09 Å². The van der Waals surface area contributed by atoms with E-state index in [0.717, 1.165) is 80.0 Å². The molecule has 63 heavy (non-hydrogen) atoms. The third kappa shape index (κ3) is 39.4. The Morgan fingerprint density at radius 2 is 1.06 bits per heavy atom. The topological polar surface area (TPSA) is 245 Å². The summed E-state index contributed by atoms with van der Waals surface area (Å²) in [5.41, 5.74) is 3.33. The number of hydrogen-bond acceptors (Lipinski definition) is 14. The van der Waals surface area contributed by atoms with E-state index >= 15 is 0 Å². The number of unbranched alkanes of at least 4 members (excludes halogenated alkanes) is 7. The van der Waals surface area contributed by atoms with Gasteiger partial charge in [-0.3, -0.25) is 4.79 Å². The number of isocyanates is 2. The van der Waals surface area contributed by atoms with Gasteiger partial charge in [-0.25, -0.2) is 24.4 Å². The molecule has 0 saturated carbocycles. The molecule has 15 nitrogen and oxygen atoms in total. The molecule has 21 heteroatoms. The number of esters is 1. The molecule has 0 aliphatic heterocycles. The standard InChI is InChI=1S/C26H35NO7.C8H12N2O2.C8H10O3.I3.I2.HI/c1-19-8-9-20(17-23(19)29)12-15-33-25(31)7-5-3-2-4-6-14-27-26(32)34-16-13-21-10-11-22(28)24(30)18-21;11-7-9-5-3-1-2-4-6-10-8-12;9-4-3-6-1-2-7(10)8(11)5-6;1-3-2;1-2;/h8-11,17-18,28-30H,2-7,12-16H2,1H3,(H,27,32);1-6H2;1-2,5,9-11H,3-4H2;;;1H/q;;;-1;;. The largest absolute Gasteiger partial charge is 0.504 e. The molecule has 356 valence electrons. The summed E-state index contributed by atoms with van der Waals surface area (Å²) < 4.78 is 10.4. The van der Waals surface area contributed by atoms with Gasteiger partial charge in [-0.15, -0.1) is 24.0 Å². The molecule has 0 heterocycles. The van der Waals surface area contributed by atoms with Gasteiger partial charge in [0.1, 0.15) is 5.75 Å². The van der Waals surface area contributed by atoms with E-state index in [9.17, 15) is 34.5 Å². The van der Waals surface area contributed by atoms with Gasteiger partial charge in [0.05, 0.1) is 26.3 Å². The van der Waals surface area contributed by atoms with Crippen LogP contribution in [0, 0.1) is 6.92 Å². The number of aliphatic hydroxyl groups excluding tert-OH is 1. The predicted molar refractivity (Wildman–Crippen MR) is 285 cm³/mol. The van der Waals surface area contributed by atoms with Crippen LogP contribution in [-0.2, 0) is 43.1 Å². The third-order valence-corrected chi connectivity index (χ3v) is 8.28. The number of benzene rings is 3. The SMILES string of the molecule is Cc1ccc(CCOC(=O)CCCCCCCNC(=O)OCCc2ccc(O)c(O)c2)cc1O.I.II.I[I-]I.O=C=NCCCCCCN=C=O.OCCc1ccc(O)c(O)c1. The Bertz CT molecular complexity index is 1650. The Hall–Kier alpha value is -1.50. The maximum absolute atomic E-state index is 11.8. The van der Waals surface area contributed by atoms with E-state index in [2.05, 4.69) is 89.8 Å². The van der Waals surface area contributed by atoms with E-state index in [4.69, 9.17) is 24.8 Å². The molecular weight excluding hydrogens is 1500 g/mol. The van der Waals surface area contributed by atoms with Crippen molar-refractivity contribution in [3.63, 3.8) is 0 Å². The number of nitrogens with zero attached hydrogens (tertiary/aromatic N) is 2. The average molecular weight is 1560 g/mol. The number of aromatic hydroxyl groups is 5. The number of alkyl carbamates (subject to hydrolysis) is 1. The number of hydrogen-bond donors (Lipinski definition) is 7. The van der Waals surface area contributed by atoms with Crippen LogP contribution in [0.4, 0.5) is 4.79 Å². The molecule has 0 fully saturated rings. The van der Waals surface area contributed by atoms with Crippen LogP contribution in [0.3, 0.4) is 0 Å². The first kappa shape index (κ1) is 65.8. The fourth-order valence-corrected chi connectivity index (χ4v) is 5.00. The van der Waals surface area contributed by atoms with Crippen molar-refractivity contribution < 1.29 is 72.5 Å². The summed E-state index contributed by atoms with van der Waals surface area (Å²) in [7, 11) is 0. The molecule has 0 atom stereocenters. The predicted octanol–water partition coefficient (Wildman–Crippen LogP) is 7.52. The number of phenolic OH excluding ortho intramolecular Hbond substituents is 5. The van der Waals surface area contributed by atoms with Crippen molar-refractivity contribution in [1.82, 2.24) is 5.32 Å². The van der Waals surface area contributed by atoms with Crippen molar-refractivity contribution in [2.24, 2.45) is 9.98 Å². The minimum Gasteiger partial charge on any atom is -0.504 e. The summed E-state index contributed by atoms with van der Waals surface area (Å²) in [5.74, 6) is -0.605. The smallest absolute Gasteiger partial charge is 0.234 e. The minimum absolute atomic E-state index is 0. The molecular formula is C42H58I6N3O12-. The van der Waals surface area contributed by atoms with Crippen LogP contribution in [0.15, 0.2) is 64.6 Å². The molecule has 1 amide bonds. The molecule has 0 radical (unpaired) electrons. The number of ether oxygens (including phenoxy) is 2. The zero-order chi connectivity index (χ0) is 46.8. The van der Waals surface area contributed by atoms with Crippen LogP contribution < -0.4 is 18.6 Å². The van der Waals surface area contributed by atoms with Crippen molar-refractivity contribution in [3.8, 4) is 28.7 Å². The Kier molecular flexibility index (Phi) is 49.1. The average Bonchev–Trinajstić information content (AvgIpc) is 3.25. The Morgan fingerprint density at radius 1 is 0.635 bits per heavy atom. The normalized spacial score (nSPS) is 9.49. The zero-order valence-corrected chi connectivity index (χ0v) is 48.1. The van der Waals surface area contributed by atoms with Gasteiger partial charge in [0.2, 0.25) is 12.2 Å². The van der Waals surface area contributed by atoms with Crippen LogP contribution in [-0.4, -0.2) is 94.3 Å². The number of rotatable bonds is 23. The number of aliphatic imine (C=N–C) groups is 2. The van der Waals surface area contributed by atoms with E-state index in [0.29, 0.717) is 65.2 Å². The second kappa shape index (κ2) is 47.0. The molecule has 0 bridgehead atoms. The van der Waals surface area contributed by atoms with Crippen LogP contribution in [0.25, 0.3) is 0 Å². The van der Waals surface area contributed by atoms with Crippen molar-refractivity contribution in [2.75, 3.05) is 39.5 Å². The molecule has 3 aromatic carbocycles. The summed E-state index contributed by atoms with van der Waals surface area (Å²) in [6, 6.07) is 14.5. The van der Waals surface area contributed by atoms with Gasteiger partial charge in [0.25, 0.3) is 0 Å². The Balaban J connectivity index is -0.00000101. The summed E-state index contributed by atoms with van der Waals surface area (Å²) in [6.07, 6.45) is 12.7. The molecule has 0 aliphatic rings. The van der Waals surface area contributed by atoms with Gasteiger partial charge < -0.3 is 45.4 Å². The Labute approximate surface area is 440 Å². The number of nitrogens with one attached hydrogen (secondary N) is 1. The zero-order valence-electron chi connectivity index (χ0n) is 35.0. The van der Waals surface area contributed by atoms with Gasteiger partial charge in [0, 0.05) is 69.6 Å². The second-order valence-corrected chi connectivity index (χ2v) is 29.2. The summed E-state index contributed by atoms with van der Waals surface area (Å²) >= 11 is 9.54. The molecule has 0 spiro atoms. The summed E-state index contributed by atoms with van der Waals surface area (Å²) in [6.45, 7) is 4.00. The van der Waals surface area contributed by atoms with Gasteiger partial charge in [-0.2, -0.15) is 0 Å². The first-order valence-corrected chi connectivity index (χ1v) is 38.3. The molecule has 0 unspecified atom stereocenters. The van der Waals surface area contributed by atoms with Crippen LogP contribution >= 0.6 is 98.4 Å². The van der Waals surface area contributed by atoms with Gasteiger partial charge >= 0.3 is 62.5 Å². The number of carbonyl (C=O) groups excluding carboxylic acids is 4. The van der Waals surface area contributed by atoms with E-state index in [1.165, 1.54) is 36.4 Å². The van der Waals surface area contributed by atoms with Crippen LogP contribution in [0.1, 0.15) is 86.5 Å². The van der Waals surface area contributed by atoms with Gasteiger partial charge in [0.15, 0.2) is 23.0 Å². The molecule has 0 saturated heterocycles. The van der Waals surface area contributed by atoms with E-state index in [1.54, 1.807) is 18.2 Å². The molecule has 3 aromatic rings. The summed E-state index contributed by atoms with van der Waals surface area (Å²) in [5, 5.41) is 57.6. The quantitative estimate of drug-likeness (QED) is 0.0122. The fourth-order valence-electron chi connectivity index (χ4n) is 5.00. The van der Waals surface area contributed by atoms with Crippen LogP contribution in [0.2, 0.25) is 0 Å². The van der Waals surface area contributed by atoms with Gasteiger partial charge in [-0.1, -0.05) is 56.4 Å². The minimum atomic E-state index is -0.480. The molecule has 3 rings (SSSR count). The second-order valence-electron chi connectivity index (χ2n) is 13.0. The molecule has 7 N–H and O–H groups in total. The maximum Gasteiger partial charge on any atom is 0.234 e. The van der Waals surface area contributed by atoms with Crippen molar-refractivity contribution in [2.45, 2.75) is 90.4 Å². The third-order valence-electron chi connectivity index (χ3n) is 8.28.